The van der Waals surface area contributed by atoms with Crippen molar-refractivity contribution in [1.29, 1.82) is 0 Å². The Morgan fingerprint density at radius 3 is 2.76 bits per heavy atom. The van der Waals surface area contributed by atoms with Crippen LogP contribution in [0.3, 0.4) is 0 Å². The number of aromatic nitrogens is 1. The molecule has 0 aliphatic rings. The molecule has 0 spiro atoms. The summed E-state index contributed by atoms with van der Waals surface area (Å²) in [5, 5.41) is 6.83. The largest absolute Gasteiger partial charge is 0.360 e. The summed E-state index contributed by atoms with van der Waals surface area (Å²) in [4.78, 5) is 0.0547. The summed E-state index contributed by atoms with van der Waals surface area (Å²) in [6.07, 6.45) is 1.45. The van der Waals surface area contributed by atoms with E-state index in [0.717, 1.165) is 12.1 Å². The number of hydrogen-bond donors (Lipinski definition) is 2. The van der Waals surface area contributed by atoms with E-state index in [1.807, 2.05) is 6.92 Å². The van der Waals surface area contributed by atoms with Gasteiger partial charge in [0.05, 0.1) is 17.8 Å². The molecule has 0 unspecified atom stereocenters. The van der Waals surface area contributed by atoms with Gasteiger partial charge in [0.15, 0.2) is 5.76 Å². The SMILES string of the molecule is CCNCc1ccc(Cl)c(S(=O)(=O)NCc2ccno2)c1. The standard InChI is InChI=1S/C13H16ClN3O3S/c1-2-15-8-10-3-4-12(14)13(7-10)21(18,19)17-9-11-5-6-16-20-11/h3-7,15,17H,2,8-9H2,1H3. The van der Waals surface area contributed by atoms with Crippen molar-refractivity contribution >= 4 is 21.6 Å². The first-order valence-electron chi connectivity index (χ1n) is 6.41. The molecule has 1 aromatic heterocycles. The molecule has 21 heavy (non-hydrogen) atoms. The maximum atomic E-state index is 12.3. The summed E-state index contributed by atoms with van der Waals surface area (Å²) in [5.74, 6) is 0.429. The number of sulfonamides is 1. The molecule has 114 valence electrons. The Hall–Kier alpha value is -1.41. The van der Waals surface area contributed by atoms with E-state index in [9.17, 15) is 8.42 Å². The van der Waals surface area contributed by atoms with Gasteiger partial charge in [-0.1, -0.05) is 29.7 Å². The van der Waals surface area contributed by atoms with Crippen LogP contribution in [-0.2, 0) is 23.1 Å². The second kappa shape index (κ2) is 7.04. The summed E-state index contributed by atoms with van der Waals surface area (Å²) < 4.78 is 31.9. The third-order valence-corrected chi connectivity index (χ3v) is 4.67. The van der Waals surface area contributed by atoms with Crippen molar-refractivity contribution in [2.45, 2.75) is 24.9 Å². The van der Waals surface area contributed by atoms with Gasteiger partial charge in [-0.3, -0.25) is 0 Å². The van der Waals surface area contributed by atoms with Gasteiger partial charge in [-0.15, -0.1) is 0 Å². The quantitative estimate of drug-likeness (QED) is 0.810. The van der Waals surface area contributed by atoms with Gasteiger partial charge in [-0.25, -0.2) is 13.1 Å². The maximum absolute atomic E-state index is 12.3. The summed E-state index contributed by atoms with van der Waals surface area (Å²) in [6.45, 7) is 3.38. The Kier molecular flexibility index (Phi) is 5.35. The second-order valence-corrected chi connectivity index (χ2v) is 6.49. The Morgan fingerprint density at radius 2 is 2.10 bits per heavy atom. The fourth-order valence-electron chi connectivity index (χ4n) is 1.71. The van der Waals surface area contributed by atoms with Crippen molar-refractivity contribution in [3.8, 4) is 0 Å². The van der Waals surface area contributed by atoms with E-state index in [1.54, 1.807) is 24.3 Å². The van der Waals surface area contributed by atoms with E-state index in [0.29, 0.717) is 12.3 Å². The van der Waals surface area contributed by atoms with Gasteiger partial charge in [0.25, 0.3) is 0 Å². The average molecular weight is 330 g/mol. The first-order valence-corrected chi connectivity index (χ1v) is 8.27. The van der Waals surface area contributed by atoms with Crippen LogP contribution in [0.1, 0.15) is 18.2 Å². The normalized spacial score (nSPS) is 11.7. The zero-order chi connectivity index (χ0) is 15.3. The summed E-state index contributed by atoms with van der Waals surface area (Å²) in [7, 11) is -3.71. The molecule has 2 rings (SSSR count). The molecule has 0 amide bonds. The number of nitrogens with one attached hydrogen (secondary N) is 2. The lowest BCUT2D eigenvalue weighted by molar-refractivity contribution is 0.380. The number of halogens is 1. The number of nitrogens with zero attached hydrogens (tertiary/aromatic N) is 1. The first kappa shape index (κ1) is 16.0. The highest BCUT2D eigenvalue weighted by atomic mass is 35.5. The third kappa shape index (κ3) is 4.28. The van der Waals surface area contributed by atoms with Crippen LogP contribution in [0.2, 0.25) is 5.02 Å². The van der Waals surface area contributed by atoms with Crippen LogP contribution < -0.4 is 10.0 Å². The number of hydrogen-bond acceptors (Lipinski definition) is 5. The van der Waals surface area contributed by atoms with Gasteiger partial charge < -0.3 is 9.84 Å². The van der Waals surface area contributed by atoms with Crippen molar-refractivity contribution in [2.24, 2.45) is 0 Å². The van der Waals surface area contributed by atoms with Crippen LogP contribution >= 0.6 is 11.6 Å². The minimum Gasteiger partial charge on any atom is -0.360 e. The van der Waals surface area contributed by atoms with Crippen molar-refractivity contribution in [1.82, 2.24) is 15.2 Å². The van der Waals surface area contributed by atoms with Crippen LogP contribution in [0.5, 0.6) is 0 Å². The lowest BCUT2D eigenvalue weighted by atomic mass is 10.2. The Morgan fingerprint density at radius 1 is 1.29 bits per heavy atom. The molecule has 0 atom stereocenters. The first-order chi connectivity index (χ1) is 10.0. The van der Waals surface area contributed by atoms with Gasteiger partial charge in [-0.05, 0) is 24.2 Å². The second-order valence-electron chi connectivity index (χ2n) is 4.35. The van der Waals surface area contributed by atoms with Gasteiger partial charge >= 0.3 is 0 Å². The minimum absolute atomic E-state index is 0.0239. The number of rotatable bonds is 7. The molecule has 6 nitrogen and oxygen atoms in total. The van der Waals surface area contributed by atoms with E-state index < -0.39 is 10.0 Å². The predicted molar refractivity (Wildman–Crippen MR) is 79.4 cm³/mol. The molecule has 0 radical (unpaired) electrons. The molecule has 2 N–H and O–H groups in total. The predicted octanol–water partition coefficient (Wildman–Crippen LogP) is 1.92. The van der Waals surface area contributed by atoms with Crippen LogP contribution in [0.15, 0.2) is 39.9 Å². The summed E-state index contributed by atoms with van der Waals surface area (Å²) in [6, 6.07) is 6.52. The van der Waals surface area contributed by atoms with Crippen molar-refractivity contribution < 1.29 is 12.9 Å². The van der Waals surface area contributed by atoms with E-state index in [1.165, 1.54) is 6.20 Å². The molecule has 0 saturated carbocycles. The Labute approximate surface area is 128 Å². The van der Waals surface area contributed by atoms with Gasteiger partial charge in [0.1, 0.15) is 4.90 Å². The van der Waals surface area contributed by atoms with E-state index in [2.05, 4.69) is 15.2 Å². The molecule has 0 bridgehead atoms. The summed E-state index contributed by atoms with van der Waals surface area (Å²) in [5.41, 5.74) is 0.848. The molecule has 0 aliphatic heterocycles. The fraction of sp³-hybridized carbons (Fsp3) is 0.308. The highest BCUT2D eigenvalue weighted by molar-refractivity contribution is 7.89. The van der Waals surface area contributed by atoms with Gasteiger partial charge in [-0.2, -0.15) is 0 Å². The van der Waals surface area contributed by atoms with Gasteiger partial charge in [0, 0.05) is 12.6 Å². The molecule has 1 heterocycles. The van der Waals surface area contributed by atoms with Crippen molar-refractivity contribution in [3.63, 3.8) is 0 Å². The fourth-order valence-corrected chi connectivity index (χ4v) is 3.25. The molecule has 0 saturated heterocycles. The Balaban J connectivity index is 2.17. The lowest BCUT2D eigenvalue weighted by Gasteiger charge is -2.09. The topological polar surface area (TPSA) is 84.2 Å². The molecule has 8 heteroatoms. The van der Waals surface area contributed by atoms with Crippen LogP contribution in [-0.4, -0.2) is 20.1 Å². The zero-order valence-electron chi connectivity index (χ0n) is 11.5. The lowest BCUT2D eigenvalue weighted by Crippen LogP contribution is -2.23. The highest BCUT2D eigenvalue weighted by Gasteiger charge is 2.18. The van der Waals surface area contributed by atoms with Crippen LogP contribution in [0, 0.1) is 0 Å². The van der Waals surface area contributed by atoms with Crippen molar-refractivity contribution in [3.05, 3.63) is 46.8 Å². The molecule has 1 aromatic carbocycles. The molecule has 0 fully saturated rings. The van der Waals surface area contributed by atoms with Gasteiger partial charge in [0.2, 0.25) is 10.0 Å². The van der Waals surface area contributed by atoms with E-state index >= 15 is 0 Å². The third-order valence-electron chi connectivity index (χ3n) is 2.79. The molecule has 0 aliphatic carbocycles. The van der Waals surface area contributed by atoms with Crippen molar-refractivity contribution in [2.75, 3.05) is 6.54 Å². The smallest absolute Gasteiger partial charge is 0.242 e. The molecular weight excluding hydrogens is 314 g/mol. The minimum atomic E-state index is -3.71. The number of benzene rings is 1. The van der Waals surface area contributed by atoms with Crippen LogP contribution in [0.4, 0.5) is 0 Å². The van der Waals surface area contributed by atoms with Crippen LogP contribution in [0.25, 0.3) is 0 Å². The molecular formula is C13H16ClN3O3S. The monoisotopic (exact) mass is 329 g/mol. The zero-order valence-corrected chi connectivity index (χ0v) is 13.0. The summed E-state index contributed by atoms with van der Waals surface area (Å²) >= 11 is 6.00. The van der Waals surface area contributed by atoms with E-state index in [-0.39, 0.29) is 16.5 Å². The molecule has 2 aromatic rings. The average Bonchev–Trinajstić information content (AvgIpc) is 2.97. The maximum Gasteiger partial charge on any atom is 0.242 e. The highest BCUT2D eigenvalue weighted by Crippen LogP contribution is 2.22. The Bertz CT molecular complexity index is 687. The van der Waals surface area contributed by atoms with E-state index in [4.69, 9.17) is 16.1 Å².